The van der Waals surface area contributed by atoms with Gasteiger partial charge in [-0.15, -0.1) is 11.8 Å². The third-order valence-corrected chi connectivity index (χ3v) is 8.66. The van der Waals surface area contributed by atoms with E-state index in [1.807, 2.05) is 67.8 Å². The molecule has 5 nitrogen and oxygen atoms in total. The van der Waals surface area contributed by atoms with Crippen LogP contribution < -0.4 is 9.62 Å². The molecule has 0 heterocycles. The van der Waals surface area contributed by atoms with Crippen LogP contribution in [-0.4, -0.2) is 27.6 Å². The number of carbonyl (C=O) groups is 1. The van der Waals surface area contributed by atoms with Gasteiger partial charge in [0.05, 0.1) is 16.6 Å². The SMILES string of the molecule is CSc1ccc(S(=O)(=O)N(C)c2ccc(C(=O)NC(c3ccccc3)c3ccccc3C)cc2)cc1. The normalized spacial score (nSPS) is 12.1. The van der Waals surface area contributed by atoms with E-state index in [9.17, 15) is 13.2 Å². The molecule has 1 N–H and O–H groups in total. The molecule has 4 rings (SSSR count). The monoisotopic (exact) mass is 516 g/mol. The summed E-state index contributed by atoms with van der Waals surface area (Å²) in [6.07, 6.45) is 1.94. The predicted octanol–water partition coefficient (Wildman–Crippen LogP) is 6.06. The van der Waals surface area contributed by atoms with E-state index in [1.165, 1.54) is 11.4 Å². The maximum Gasteiger partial charge on any atom is 0.264 e. The van der Waals surface area contributed by atoms with Crippen molar-refractivity contribution in [3.63, 3.8) is 0 Å². The number of rotatable bonds is 8. The lowest BCUT2D eigenvalue weighted by atomic mass is 9.94. The number of amides is 1. The lowest BCUT2D eigenvalue weighted by molar-refractivity contribution is 0.0943. The maximum atomic E-state index is 13.2. The average molecular weight is 517 g/mol. The van der Waals surface area contributed by atoms with Crippen molar-refractivity contribution in [3.05, 3.63) is 125 Å². The van der Waals surface area contributed by atoms with Gasteiger partial charge in [-0.2, -0.15) is 0 Å². The van der Waals surface area contributed by atoms with Crippen LogP contribution in [-0.2, 0) is 10.0 Å². The van der Waals surface area contributed by atoms with Gasteiger partial charge in [0.2, 0.25) is 0 Å². The van der Waals surface area contributed by atoms with Crippen LogP contribution in [0.4, 0.5) is 5.69 Å². The molecule has 1 unspecified atom stereocenters. The zero-order chi connectivity index (χ0) is 25.7. The standard InChI is InChI=1S/C29H28N2O3S2/c1-21-9-7-8-12-27(21)28(22-10-5-4-6-11-22)30-29(32)23-13-15-24(16-14-23)31(2)36(33,34)26-19-17-25(35-3)18-20-26/h4-20,28H,1-3H3,(H,30,32). The van der Waals surface area contributed by atoms with E-state index in [4.69, 9.17) is 0 Å². The fraction of sp³-hybridized carbons (Fsp3) is 0.138. The lowest BCUT2D eigenvalue weighted by Gasteiger charge is -2.22. The second-order valence-electron chi connectivity index (χ2n) is 8.37. The van der Waals surface area contributed by atoms with Gasteiger partial charge < -0.3 is 5.32 Å². The van der Waals surface area contributed by atoms with Crippen LogP contribution in [0.25, 0.3) is 0 Å². The molecule has 4 aromatic rings. The number of nitrogens with zero attached hydrogens (tertiary/aromatic N) is 1. The number of anilines is 1. The molecule has 0 aliphatic carbocycles. The van der Waals surface area contributed by atoms with E-state index >= 15 is 0 Å². The van der Waals surface area contributed by atoms with Crippen LogP contribution >= 0.6 is 11.8 Å². The molecule has 0 spiro atoms. The number of hydrogen-bond acceptors (Lipinski definition) is 4. The molecule has 0 fully saturated rings. The van der Waals surface area contributed by atoms with E-state index in [1.54, 1.807) is 60.3 Å². The molecule has 0 radical (unpaired) electrons. The van der Waals surface area contributed by atoms with E-state index in [2.05, 4.69) is 5.32 Å². The molecule has 7 heteroatoms. The van der Waals surface area contributed by atoms with Gasteiger partial charge in [0, 0.05) is 17.5 Å². The zero-order valence-corrected chi connectivity index (χ0v) is 22.0. The molecule has 0 aliphatic rings. The van der Waals surface area contributed by atoms with E-state index in [-0.39, 0.29) is 16.8 Å². The molecule has 0 aromatic heterocycles. The summed E-state index contributed by atoms with van der Waals surface area (Å²) >= 11 is 1.55. The van der Waals surface area contributed by atoms with Gasteiger partial charge in [-0.3, -0.25) is 9.10 Å². The third-order valence-electron chi connectivity index (χ3n) is 6.12. The molecule has 4 aromatic carbocycles. The zero-order valence-electron chi connectivity index (χ0n) is 20.4. The van der Waals surface area contributed by atoms with Gasteiger partial charge in [0.25, 0.3) is 15.9 Å². The molecule has 36 heavy (non-hydrogen) atoms. The smallest absolute Gasteiger partial charge is 0.264 e. The minimum atomic E-state index is -3.72. The fourth-order valence-electron chi connectivity index (χ4n) is 3.98. The average Bonchev–Trinajstić information content (AvgIpc) is 2.92. The van der Waals surface area contributed by atoms with Crippen LogP contribution in [0.5, 0.6) is 0 Å². The maximum absolute atomic E-state index is 13.2. The molecule has 0 saturated carbocycles. The number of carbonyl (C=O) groups excluding carboxylic acids is 1. The summed E-state index contributed by atoms with van der Waals surface area (Å²) in [6, 6.07) is 30.9. The van der Waals surface area contributed by atoms with Crippen molar-refractivity contribution in [3.8, 4) is 0 Å². The van der Waals surface area contributed by atoms with Crippen molar-refractivity contribution in [2.45, 2.75) is 22.8 Å². The van der Waals surface area contributed by atoms with Crippen molar-refractivity contribution in [1.82, 2.24) is 5.32 Å². The summed E-state index contributed by atoms with van der Waals surface area (Å²) in [6.45, 7) is 2.02. The third kappa shape index (κ3) is 5.48. The van der Waals surface area contributed by atoms with E-state index < -0.39 is 10.0 Å². The Balaban J connectivity index is 1.56. The topological polar surface area (TPSA) is 66.5 Å². The first-order chi connectivity index (χ1) is 17.3. The Hall–Kier alpha value is -3.55. The molecular formula is C29H28N2O3S2. The number of sulfonamides is 1. The summed E-state index contributed by atoms with van der Waals surface area (Å²) in [5, 5.41) is 3.15. The molecule has 0 aliphatic heterocycles. The Morgan fingerprint density at radius 2 is 1.44 bits per heavy atom. The summed E-state index contributed by atoms with van der Waals surface area (Å²) in [4.78, 5) is 14.4. The molecule has 0 bridgehead atoms. The lowest BCUT2D eigenvalue weighted by Crippen LogP contribution is -2.30. The number of hydrogen-bond donors (Lipinski definition) is 1. The number of aryl methyl sites for hydroxylation is 1. The molecular weight excluding hydrogens is 488 g/mol. The van der Waals surface area contributed by atoms with Crippen molar-refractivity contribution in [2.75, 3.05) is 17.6 Å². The molecule has 1 atom stereocenters. The van der Waals surface area contributed by atoms with E-state index in [0.29, 0.717) is 11.3 Å². The Bertz CT molecular complexity index is 1440. The minimum absolute atomic E-state index is 0.216. The van der Waals surface area contributed by atoms with Crippen LogP contribution in [0.1, 0.15) is 33.1 Å². The summed E-state index contributed by atoms with van der Waals surface area (Å²) in [7, 11) is -2.21. The predicted molar refractivity (Wildman–Crippen MR) is 147 cm³/mol. The summed E-state index contributed by atoms with van der Waals surface area (Å²) in [5.74, 6) is -0.239. The first kappa shape index (κ1) is 25.5. The Labute approximate surface area is 217 Å². The van der Waals surface area contributed by atoms with Crippen LogP contribution in [0.2, 0.25) is 0 Å². The van der Waals surface area contributed by atoms with Crippen LogP contribution in [0.3, 0.4) is 0 Å². The van der Waals surface area contributed by atoms with Crippen molar-refractivity contribution in [2.24, 2.45) is 0 Å². The number of thioether (sulfide) groups is 1. The first-order valence-electron chi connectivity index (χ1n) is 11.5. The van der Waals surface area contributed by atoms with Gasteiger partial charge in [-0.1, -0.05) is 54.6 Å². The van der Waals surface area contributed by atoms with Crippen LogP contribution in [0.15, 0.2) is 113 Å². The first-order valence-corrected chi connectivity index (χ1v) is 14.1. The fourth-order valence-corrected chi connectivity index (χ4v) is 5.58. The number of benzene rings is 4. The van der Waals surface area contributed by atoms with Crippen molar-refractivity contribution < 1.29 is 13.2 Å². The quantitative estimate of drug-likeness (QED) is 0.289. The van der Waals surface area contributed by atoms with Gasteiger partial charge in [0.1, 0.15) is 0 Å². The van der Waals surface area contributed by atoms with Gasteiger partial charge in [-0.05, 0) is 78.4 Å². The van der Waals surface area contributed by atoms with Crippen LogP contribution in [0, 0.1) is 6.92 Å². The van der Waals surface area contributed by atoms with Crippen molar-refractivity contribution >= 4 is 33.4 Å². The minimum Gasteiger partial charge on any atom is -0.341 e. The highest BCUT2D eigenvalue weighted by Gasteiger charge is 2.23. The van der Waals surface area contributed by atoms with Gasteiger partial charge >= 0.3 is 0 Å². The number of nitrogens with one attached hydrogen (secondary N) is 1. The second-order valence-corrected chi connectivity index (χ2v) is 11.2. The highest BCUT2D eigenvalue weighted by Crippen LogP contribution is 2.27. The summed E-state index contributed by atoms with van der Waals surface area (Å²) in [5.41, 5.74) is 4.00. The van der Waals surface area contributed by atoms with E-state index in [0.717, 1.165) is 21.6 Å². The Morgan fingerprint density at radius 3 is 2.06 bits per heavy atom. The van der Waals surface area contributed by atoms with Crippen molar-refractivity contribution in [1.29, 1.82) is 0 Å². The Morgan fingerprint density at radius 1 is 0.833 bits per heavy atom. The highest BCUT2D eigenvalue weighted by molar-refractivity contribution is 7.98. The molecule has 184 valence electrons. The second kappa shape index (κ2) is 11.0. The molecule has 1 amide bonds. The van der Waals surface area contributed by atoms with Gasteiger partial charge in [-0.25, -0.2) is 8.42 Å². The molecule has 0 saturated heterocycles. The summed E-state index contributed by atoms with van der Waals surface area (Å²) < 4.78 is 27.4. The highest BCUT2D eigenvalue weighted by atomic mass is 32.2. The Kier molecular flexibility index (Phi) is 7.82. The largest absolute Gasteiger partial charge is 0.341 e. The van der Waals surface area contributed by atoms with Gasteiger partial charge in [0.15, 0.2) is 0 Å².